The molecule has 2 heterocycles. The zero-order valence-corrected chi connectivity index (χ0v) is 24.7. The molecule has 6 nitrogen and oxygen atoms in total. The first-order chi connectivity index (χ1) is 20.8. The number of ether oxygens (including phenoxy) is 1. The van der Waals surface area contributed by atoms with Crippen molar-refractivity contribution >= 4 is 28.0 Å². The van der Waals surface area contributed by atoms with Crippen LogP contribution in [0.25, 0.3) is 33.2 Å². The van der Waals surface area contributed by atoms with E-state index in [1.807, 2.05) is 68.6 Å². The number of hydrogen-bond donors (Lipinski definition) is 0. The minimum Gasteiger partial charge on any atom is -0.494 e. The van der Waals surface area contributed by atoms with Crippen LogP contribution in [-0.2, 0) is 6.54 Å². The van der Waals surface area contributed by atoms with Crippen LogP contribution in [0.3, 0.4) is 0 Å². The molecular formula is C36H33FN4O2. The number of rotatable bonds is 8. The van der Waals surface area contributed by atoms with Crippen LogP contribution in [0.2, 0.25) is 0 Å². The third-order valence-corrected chi connectivity index (χ3v) is 7.67. The summed E-state index contributed by atoms with van der Waals surface area (Å²) in [4.78, 5) is 18.9. The molecule has 4 aromatic carbocycles. The summed E-state index contributed by atoms with van der Waals surface area (Å²) in [5, 5.41) is 6.27. The van der Waals surface area contributed by atoms with Gasteiger partial charge in [0, 0.05) is 34.8 Å². The van der Waals surface area contributed by atoms with E-state index in [2.05, 4.69) is 24.5 Å². The molecule has 0 N–H and O–H groups in total. The van der Waals surface area contributed by atoms with Crippen LogP contribution >= 0.6 is 0 Å². The van der Waals surface area contributed by atoms with E-state index in [0.717, 1.165) is 44.5 Å². The van der Waals surface area contributed by atoms with Gasteiger partial charge in [0.2, 0.25) is 0 Å². The third-order valence-electron chi connectivity index (χ3n) is 7.67. The number of benzene rings is 4. The summed E-state index contributed by atoms with van der Waals surface area (Å²) in [5.74, 6) is 1.25. The summed E-state index contributed by atoms with van der Waals surface area (Å²) >= 11 is 0. The highest BCUT2D eigenvalue weighted by Crippen LogP contribution is 2.34. The fraction of sp³-hybridized carbons (Fsp3) is 0.194. The number of fused-ring (bicyclic) bond motifs is 2. The lowest BCUT2D eigenvalue weighted by molar-refractivity contribution is 0.335. The lowest BCUT2D eigenvalue weighted by Crippen LogP contribution is -2.20. The Morgan fingerprint density at radius 1 is 0.977 bits per heavy atom. The molecule has 216 valence electrons. The minimum absolute atomic E-state index is 0.206. The van der Waals surface area contributed by atoms with Crippen molar-refractivity contribution in [1.29, 1.82) is 0 Å². The first-order valence-corrected chi connectivity index (χ1v) is 14.5. The Hall–Kier alpha value is -5.04. The molecule has 0 amide bonds. The van der Waals surface area contributed by atoms with Crippen LogP contribution in [0.4, 0.5) is 4.39 Å². The molecule has 0 fully saturated rings. The van der Waals surface area contributed by atoms with Crippen LogP contribution in [0.15, 0.2) is 101 Å². The number of aromatic nitrogens is 3. The second-order valence-electron chi connectivity index (χ2n) is 11.0. The van der Waals surface area contributed by atoms with E-state index in [1.165, 1.54) is 16.8 Å². The van der Waals surface area contributed by atoms with E-state index >= 15 is 0 Å². The molecule has 0 unspecified atom stereocenters. The van der Waals surface area contributed by atoms with Gasteiger partial charge in [0.25, 0.3) is 5.56 Å². The highest BCUT2D eigenvalue weighted by molar-refractivity contribution is 5.99. The topological polar surface area (TPSA) is 61.4 Å². The predicted octanol–water partition coefficient (Wildman–Crippen LogP) is 7.92. The number of para-hydroxylation sites is 2. The van der Waals surface area contributed by atoms with Crippen LogP contribution in [-0.4, -0.2) is 27.0 Å². The van der Waals surface area contributed by atoms with E-state index in [1.54, 1.807) is 24.4 Å². The Morgan fingerprint density at radius 3 is 2.44 bits per heavy atom. The van der Waals surface area contributed by atoms with Crippen LogP contribution in [0.5, 0.6) is 5.75 Å². The molecule has 0 aliphatic rings. The summed E-state index contributed by atoms with van der Waals surface area (Å²) < 4.78 is 23.0. The largest absolute Gasteiger partial charge is 0.494 e. The van der Waals surface area contributed by atoms with Crippen molar-refractivity contribution in [3.63, 3.8) is 0 Å². The maximum Gasteiger partial charge on any atom is 0.282 e. The highest BCUT2D eigenvalue weighted by atomic mass is 19.1. The van der Waals surface area contributed by atoms with Gasteiger partial charge in [-0.2, -0.15) is 9.78 Å². The van der Waals surface area contributed by atoms with E-state index in [4.69, 9.17) is 14.8 Å². The summed E-state index contributed by atoms with van der Waals surface area (Å²) in [7, 11) is 0. The minimum atomic E-state index is -0.262. The Balaban J connectivity index is 1.51. The zero-order valence-electron chi connectivity index (χ0n) is 24.7. The van der Waals surface area contributed by atoms with Crippen molar-refractivity contribution in [3.05, 3.63) is 130 Å². The van der Waals surface area contributed by atoms with Gasteiger partial charge in [-0.3, -0.25) is 4.79 Å². The SMILES string of the molecule is CCOc1cc(C)c(-c2nc3ccccc3c(=O)n2N=Cc2cn(Cc3ccc(F)cc3)c3ccccc23)cc1C(C)C. The molecular weight excluding hydrogens is 539 g/mol. The molecule has 6 rings (SSSR count). The van der Waals surface area contributed by atoms with Gasteiger partial charge in [0.05, 0.1) is 23.7 Å². The maximum absolute atomic E-state index is 13.9. The van der Waals surface area contributed by atoms with Crippen molar-refractivity contribution < 1.29 is 9.13 Å². The van der Waals surface area contributed by atoms with Crippen molar-refractivity contribution in [2.75, 3.05) is 6.61 Å². The normalized spacial score (nSPS) is 11.8. The van der Waals surface area contributed by atoms with Gasteiger partial charge in [0.1, 0.15) is 11.6 Å². The molecule has 0 saturated heterocycles. The summed E-state index contributed by atoms with van der Waals surface area (Å²) in [5.41, 5.74) is 6.03. The molecule has 0 aliphatic heterocycles. The number of hydrogen-bond acceptors (Lipinski definition) is 4. The lowest BCUT2D eigenvalue weighted by Gasteiger charge is -2.18. The standard InChI is InChI=1S/C36H33FN4O2/c1-5-43-34-18-24(4)31(19-30(34)23(2)3)35-39-32-12-8-6-11-29(32)36(42)41(35)38-20-26-22-40(33-13-9-7-10-28(26)33)21-25-14-16-27(37)17-15-25/h6-20,22-23H,5,21H2,1-4H3. The molecule has 7 heteroatoms. The average molecular weight is 573 g/mol. The Labute approximate surface area is 249 Å². The van der Waals surface area contributed by atoms with Crippen molar-refractivity contribution in [3.8, 4) is 17.1 Å². The van der Waals surface area contributed by atoms with Crippen molar-refractivity contribution in [1.82, 2.24) is 14.2 Å². The second-order valence-corrected chi connectivity index (χ2v) is 11.0. The fourth-order valence-corrected chi connectivity index (χ4v) is 5.49. The van der Waals surface area contributed by atoms with Gasteiger partial charge in [-0.25, -0.2) is 9.37 Å². The van der Waals surface area contributed by atoms with Gasteiger partial charge in [-0.05, 0) is 78.9 Å². The van der Waals surface area contributed by atoms with Crippen LogP contribution in [0, 0.1) is 12.7 Å². The van der Waals surface area contributed by atoms with Crippen LogP contribution < -0.4 is 10.3 Å². The van der Waals surface area contributed by atoms with Crippen molar-refractivity contribution in [2.24, 2.45) is 5.10 Å². The van der Waals surface area contributed by atoms with Crippen LogP contribution in [0.1, 0.15) is 48.9 Å². The maximum atomic E-state index is 13.9. The number of aryl methyl sites for hydroxylation is 1. The Morgan fingerprint density at radius 2 is 1.70 bits per heavy atom. The lowest BCUT2D eigenvalue weighted by atomic mass is 9.96. The first kappa shape index (κ1) is 28.1. The predicted molar refractivity (Wildman–Crippen MR) is 172 cm³/mol. The summed E-state index contributed by atoms with van der Waals surface area (Å²) in [6.07, 6.45) is 3.73. The molecule has 0 radical (unpaired) electrons. The average Bonchev–Trinajstić information content (AvgIpc) is 3.35. The molecule has 43 heavy (non-hydrogen) atoms. The van der Waals surface area contributed by atoms with E-state index in [0.29, 0.717) is 29.9 Å². The second kappa shape index (κ2) is 11.7. The van der Waals surface area contributed by atoms with Gasteiger partial charge in [0.15, 0.2) is 5.82 Å². The van der Waals surface area contributed by atoms with E-state index < -0.39 is 0 Å². The molecule has 6 aromatic rings. The summed E-state index contributed by atoms with van der Waals surface area (Å²) in [6, 6.07) is 26.0. The summed E-state index contributed by atoms with van der Waals surface area (Å²) in [6.45, 7) is 9.36. The quantitative estimate of drug-likeness (QED) is 0.174. The number of nitrogens with zero attached hydrogens (tertiary/aromatic N) is 4. The monoisotopic (exact) mass is 572 g/mol. The Kier molecular flexibility index (Phi) is 7.63. The van der Waals surface area contributed by atoms with Gasteiger partial charge in [-0.15, -0.1) is 0 Å². The van der Waals surface area contributed by atoms with Gasteiger partial charge >= 0.3 is 0 Å². The smallest absolute Gasteiger partial charge is 0.282 e. The third kappa shape index (κ3) is 5.46. The fourth-order valence-electron chi connectivity index (χ4n) is 5.49. The highest BCUT2D eigenvalue weighted by Gasteiger charge is 2.19. The van der Waals surface area contributed by atoms with E-state index in [9.17, 15) is 9.18 Å². The molecule has 0 atom stereocenters. The van der Waals surface area contributed by atoms with Gasteiger partial charge < -0.3 is 9.30 Å². The van der Waals surface area contributed by atoms with E-state index in [-0.39, 0.29) is 17.3 Å². The van der Waals surface area contributed by atoms with Crippen molar-refractivity contribution in [2.45, 2.75) is 40.2 Å². The molecule has 2 aromatic heterocycles. The molecule has 0 saturated carbocycles. The molecule has 0 spiro atoms. The number of halogens is 1. The molecule has 0 aliphatic carbocycles. The first-order valence-electron chi connectivity index (χ1n) is 14.5. The molecule has 0 bridgehead atoms. The zero-order chi connectivity index (χ0) is 30.1. The van der Waals surface area contributed by atoms with Gasteiger partial charge in [-0.1, -0.05) is 56.3 Å². The Bertz CT molecular complexity index is 2040.